The molecule has 1 aromatic heterocycles. The van der Waals surface area contributed by atoms with Crippen molar-refractivity contribution in [2.24, 2.45) is 0 Å². The molecule has 1 aliphatic heterocycles. The molecule has 2 heterocycles. The van der Waals surface area contributed by atoms with E-state index in [0.29, 0.717) is 31.9 Å². The van der Waals surface area contributed by atoms with Gasteiger partial charge in [0.05, 0.1) is 19.2 Å². The van der Waals surface area contributed by atoms with Crippen LogP contribution in [0.25, 0.3) is 0 Å². The molecule has 0 aliphatic carbocycles. The van der Waals surface area contributed by atoms with E-state index in [2.05, 4.69) is 10.2 Å². The third-order valence-corrected chi connectivity index (χ3v) is 3.55. The molecule has 0 atom stereocenters. The van der Waals surface area contributed by atoms with E-state index in [4.69, 9.17) is 4.74 Å². The molecule has 1 N–H and O–H groups in total. The number of ether oxygens (including phenoxy) is 1. The number of carbonyl (C=O) groups is 1. The average molecular weight is 289 g/mol. The summed E-state index contributed by atoms with van der Waals surface area (Å²) >= 11 is 0. The highest BCUT2D eigenvalue weighted by molar-refractivity contribution is 5.76. The summed E-state index contributed by atoms with van der Waals surface area (Å²) in [7, 11) is 0. The van der Waals surface area contributed by atoms with Gasteiger partial charge in [0.2, 0.25) is 5.91 Å². The molecule has 110 valence electrons. The van der Waals surface area contributed by atoms with E-state index in [-0.39, 0.29) is 11.7 Å². The SMILES string of the molecule is O=C(CCOc1ccc(F)cc1)N1CCc2[nH]ncc2C1. The number of fused-ring (bicyclic) bond motifs is 1. The molecule has 0 fully saturated rings. The Bertz CT molecular complexity index is 624. The van der Waals surface area contributed by atoms with E-state index >= 15 is 0 Å². The highest BCUT2D eigenvalue weighted by Crippen LogP contribution is 2.17. The number of nitrogens with zero attached hydrogens (tertiary/aromatic N) is 2. The topological polar surface area (TPSA) is 58.2 Å². The van der Waals surface area contributed by atoms with Crippen LogP contribution in [-0.2, 0) is 17.8 Å². The predicted molar refractivity (Wildman–Crippen MR) is 74.2 cm³/mol. The minimum Gasteiger partial charge on any atom is -0.493 e. The third kappa shape index (κ3) is 3.21. The summed E-state index contributed by atoms with van der Waals surface area (Å²) in [5, 5.41) is 6.93. The lowest BCUT2D eigenvalue weighted by Gasteiger charge is -2.26. The zero-order valence-electron chi connectivity index (χ0n) is 11.5. The summed E-state index contributed by atoms with van der Waals surface area (Å²) in [5.74, 6) is 0.326. The normalized spacial score (nSPS) is 13.9. The third-order valence-electron chi connectivity index (χ3n) is 3.55. The van der Waals surface area contributed by atoms with Crippen LogP contribution in [0.15, 0.2) is 30.5 Å². The Morgan fingerprint density at radius 2 is 2.19 bits per heavy atom. The smallest absolute Gasteiger partial charge is 0.226 e. The van der Waals surface area contributed by atoms with Gasteiger partial charge in [-0.1, -0.05) is 0 Å². The van der Waals surface area contributed by atoms with Crippen LogP contribution in [0.5, 0.6) is 5.75 Å². The molecule has 0 radical (unpaired) electrons. The highest BCUT2D eigenvalue weighted by Gasteiger charge is 2.21. The first-order valence-corrected chi connectivity index (χ1v) is 6.89. The second-order valence-electron chi connectivity index (χ2n) is 4.99. The second-order valence-corrected chi connectivity index (χ2v) is 4.99. The number of hydrogen-bond acceptors (Lipinski definition) is 3. The van der Waals surface area contributed by atoms with Gasteiger partial charge < -0.3 is 9.64 Å². The zero-order chi connectivity index (χ0) is 14.7. The molecule has 6 heteroatoms. The Morgan fingerprint density at radius 3 is 3.00 bits per heavy atom. The molecule has 5 nitrogen and oxygen atoms in total. The summed E-state index contributed by atoms with van der Waals surface area (Å²) in [4.78, 5) is 13.9. The standard InChI is InChI=1S/C15H16FN3O2/c16-12-1-3-13(4-2-12)21-8-6-15(20)19-7-5-14-11(10-19)9-17-18-14/h1-4,9H,5-8,10H2,(H,17,18). The first-order valence-electron chi connectivity index (χ1n) is 6.89. The first kappa shape index (κ1) is 13.6. The van der Waals surface area contributed by atoms with E-state index in [0.717, 1.165) is 17.7 Å². The number of hydrogen-bond donors (Lipinski definition) is 1. The number of amides is 1. The van der Waals surface area contributed by atoms with E-state index in [1.165, 1.54) is 12.1 Å². The van der Waals surface area contributed by atoms with Gasteiger partial charge in [-0.25, -0.2) is 4.39 Å². The van der Waals surface area contributed by atoms with Crippen molar-refractivity contribution in [1.29, 1.82) is 0 Å². The number of rotatable bonds is 4. The molecular weight excluding hydrogens is 273 g/mol. The van der Waals surface area contributed by atoms with Gasteiger partial charge in [0.15, 0.2) is 0 Å². The van der Waals surface area contributed by atoms with Gasteiger partial charge in [-0.3, -0.25) is 9.89 Å². The lowest BCUT2D eigenvalue weighted by molar-refractivity contribution is -0.132. The maximum Gasteiger partial charge on any atom is 0.226 e. The maximum atomic E-state index is 12.8. The van der Waals surface area contributed by atoms with Crippen LogP contribution in [0.1, 0.15) is 17.7 Å². The Kier molecular flexibility index (Phi) is 3.85. The van der Waals surface area contributed by atoms with Crippen molar-refractivity contribution in [3.05, 3.63) is 47.5 Å². The fraction of sp³-hybridized carbons (Fsp3) is 0.333. The zero-order valence-corrected chi connectivity index (χ0v) is 11.5. The van der Waals surface area contributed by atoms with Gasteiger partial charge in [-0.2, -0.15) is 5.10 Å². The van der Waals surface area contributed by atoms with Gasteiger partial charge in [0.1, 0.15) is 11.6 Å². The van der Waals surface area contributed by atoms with Crippen LogP contribution < -0.4 is 4.74 Å². The van der Waals surface area contributed by atoms with E-state index in [1.807, 2.05) is 4.90 Å². The number of aromatic amines is 1. The molecule has 21 heavy (non-hydrogen) atoms. The molecule has 3 rings (SSSR count). The molecule has 1 amide bonds. The van der Waals surface area contributed by atoms with Crippen molar-refractivity contribution < 1.29 is 13.9 Å². The second kappa shape index (κ2) is 5.95. The number of carbonyl (C=O) groups excluding carboxylic acids is 1. The molecule has 2 aromatic rings. The average Bonchev–Trinajstić information content (AvgIpc) is 2.96. The minimum atomic E-state index is -0.303. The lowest BCUT2D eigenvalue weighted by atomic mass is 10.1. The maximum absolute atomic E-state index is 12.8. The Labute approximate surface area is 121 Å². The molecule has 0 unspecified atom stereocenters. The van der Waals surface area contributed by atoms with Crippen molar-refractivity contribution in [2.45, 2.75) is 19.4 Å². The Hall–Kier alpha value is -2.37. The van der Waals surface area contributed by atoms with E-state index in [9.17, 15) is 9.18 Å². The van der Waals surface area contributed by atoms with Gasteiger partial charge in [0, 0.05) is 30.8 Å². The Morgan fingerprint density at radius 1 is 1.38 bits per heavy atom. The first-order chi connectivity index (χ1) is 10.2. The lowest BCUT2D eigenvalue weighted by Crippen LogP contribution is -2.36. The highest BCUT2D eigenvalue weighted by atomic mass is 19.1. The molecule has 1 aromatic carbocycles. The van der Waals surface area contributed by atoms with Crippen LogP contribution in [-0.4, -0.2) is 34.2 Å². The molecule has 0 bridgehead atoms. The van der Waals surface area contributed by atoms with Crippen molar-refractivity contribution in [1.82, 2.24) is 15.1 Å². The van der Waals surface area contributed by atoms with Crippen molar-refractivity contribution >= 4 is 5.91 Å². The number of benzene rings is 1. The van der Waals surface area contributed by atoms with Gasteiger partial charge in [-0.15, -0.1) is 0 Å². The summed E-state index contributed by atoms with van der Waals surface area (Å²) < 4.78 is 18.2. The molecule has 0 spiro atoms. The summed E-state index contributed by atoms with van der Waals surface area (Å²) in [5.41, 5.74) is 2.19. The Balaban J connectivity index is 1.48. The summed E-state index contributed by atoms with van der Waals surface area (Å²) in [6.45, 7) is 1.59. The summed E-state index contributed by atoms with van der Waals surface area (Å²) in [6.07, 6.45) is 2.88. The van der Waals surface area contributed by atoms with Crippen molar-refractivity contribution in [3.63, 3.8) is 0 Å². The van der Waals surface area contributed by atoms with Crippen molar-refractivity contribution in [3.8, 4) is 5.75 Å². The van der Waals surface area contributed by atoms with Crippen molar-refractivity contribution in [2.75, 3.05) is 13.2 Å². The molecule has 1 aliphatic rings. The van der Waals surface area contributed by atoms with Crippen LogP contribution in [0.4, 0.5) is 4.39 Å². The largest absolute Gasteiger partial charge is 0.493 e. The van der Waals surface area contributed by atoms with Gasteiger partial charge >= 0.3 is 0 Å². The molecule has 0 saturated carbocycles. The van der Waals surface area contributed by atoms with E-state index < -0.39 is 0 Å². The monoisotopic (exact) mass is 289 g/mol. The van der Waals surface area contributed by atoms with Gasteiger partial charge in [-0.05, 0) is 24.3 Å². The molecular formula is C15H16FN3O2. The fourth-order valence-corrected chi connectivity index (χ4v) is 2.38. The number of halogens is 1. The summed E-state index contributed by atoms with van der Waals surface area (Å²) in [6, 6.07) is 5.78. The van der Waals surface area contributed by atoms with E-state index in [1.54, 1.807) is 18.3 Å². The molecule has 0 saturated heterocycles. The van der Waals surface area contributed by atoms with Crippen LogP contribution in [0.2, 0.25) is 0 Å². The fourth-order valence-electron chi connectivity index (χ4n) is 2.38. The minimum absolute atomic E-state index is 0.0592. The number of nitrogens with one attached hydrogen (secondary N) is 1. The van der Waals surface area contributed by atoms with Crippen LogP contribution >= 0.6 is 0 Å². The van der Waals surface area contributed by atoms with Crippen LogP contribution in [0.3, 0.4) is 0 Å². The van der Waals surface area contributed by atoms with Crippen LogP contribution in [0, 0.1) is 5.82 Å². The van der Waals surface area contributed by atoms with Gasteiger partial charge in [0.25, 0.3) is 0 Å². The number of H-pyrrole nitrogens is 1. The predicted octanol–water partition coefficient (Wildman–Crippen LogP) is 1.90. The number of aromatic nitrogens is 2. The quantitative estimate of drug-likeness (QED) is 0.935.